The van der Waals surface area contributed by atoms with Gasteiger partial charge in [-0.05, 0) is 107 Å². The zero-order valence-electron chi connectivity index (χ0n) is 32.1. The molecule has 0 saturated carbocycles. The number of aliphatic hydroxyl groups is 1. The van der Waals surface area contributed by atoms with Crippen LogP contribution in [-0.2, 0) is 28.7 Å². The summed E-state index contributed by atoms with van der Waals surface area (Å²) in [5.74, 6) is -3.95. The summed E-state index contributed by atoms with van der Waals surface area (Å²) in [6.45, 7) is 4.54. The third-order valence-corrected chi connectivity index (χ3v) is 9.59. The normalized spacial score (nSPS) is 17.7. The van der Waals surface area contributed by atoms with E-state index >= 15 is 0 Å². The van der Waals surface area contributed by atoms with E-state index in [0.717, 1.165) is 11.1 Å². The van der Waals surface area contributed by atoms with Gasteiger partial charge < -0.3 is 47.9 Å². The molecule has 3 aromatic rings. The van der Waals surface area contributed by atoms with E-state index in [4.69, 9.17) is 27.8 Å². The first-order chi connectivity index (χ1) is 27.2. The number of aromatic nitrogens is 1. The van der Waals surface area contributed by atoms with Crippen LogP contribution in [0.1, 0.15) is 68.6 Å². The maximum absolute atomic E-state index is 13.4. The number of ether oxygens (including phenoxy) is 1. The Morgan fingerprint density at radius 2 is 1.33 bits per heavy atom. The van der Waals surface area contributed by atoms with Gasteiger partial charge in [0.1, 0.15) is 30.3 Å². The van der Waals surface area contributed by atoms with E-state index in [1.54, 1.807) is 60.8 Å². The minimum atomic E-state index is -1.53. The van der Waals surface area contributed by atoms with Gasteiger partial charge in [-0.1, -0.05) is 41.9 Å². The molecule has 306 valence electrons. The molecule has 4 rings (SSSR count). The minimum Gasteiger partial charge on any atom is -0.391 e. The van der Waals surface area contributed by atoms with Crippen LogP contribution in [-0.4, -0.2) is 101 Å². The highest BCUT2D eigenvalue weighted by Gasteiger charge is 2.48. The fourth-order valence-corrected chi connectivity index (χ4v) is 6.07. The highest BCUT2D eigenvalue weighted by atomic mass is 35.5. The molecule has 2 heterocycles. The van der Waals surface area contributed by atoms with Crippen molar-refractivity contribution < 1.29 is 38.6 Å². The number of unbranched alkanes of at least 4 members (excludes halogenated alkanes) is 1. The molecule has 16 nitrogen and oxygen atoms in total. The number of rotatable bonds is 21. The molecule has 1 aromatic heterocycles. The lowest BCUT2D eigenvalue weighted by molar-refractivity contribution is -0.135. The average Bonchev–Trinajstić information content (AvgIpc) is 4.00. The number of hydrogen-bond donors (Lipinski definition) is 8. The van der Waals surface area contributed by atoms with Gasteiger partial charge in [-0.25, -0.2) is 0 Å². The first kappa shape index (κ1) is 44.5. The van der Waals surface area contributed by atoms with Crippen LogP contribution < -0.4 is 38.1 Å². The van der Waals surface area contributed by atoms with Crippen LogP contribution in [0.4, 0.5) is 0 Å². The second kappa shape index (κ2) is 21.3. The fraction of sp³-hybridized carbons (Fsp3) is 0.425. The van der Waals surface area contributed by atoms with Crippen molar-refractivity contribution in [3.63, 3.8) is 0 Å². The van der Waals surface area contributed by atoms with Crippen LogP contribution in [0.25, 0.3) is 11.1 Å². The molecule has 1 aliphatic heterocycles. The molecule has 0 aliphatic carbocycles. The highest BCUT2D eigenvalue weighted by Crippen LogP contribution is 2.38. The number of hydrogen-bond acceptors (Lipinski definition) is 11. The Morgan fingerprint density at radius 1 is 0.719 bits per heavy atom. The largest absolute Gasteiger partial charge is 0.391 e. The molecule has 8 atom stereocenters. The minimum absolute atomic E-state index is 0.0175. The molecule has 17 heteroatoms. The van der Waals surface area contributed by atoms with E-state index in [2.05, 4.69) is 31.6 Å². The number of nitrogens with two attached hydrogens (primary N) is 2. The fourth-order valence-electron chi connectivity index (χ4n) is 5.95. The topological polar surface area (TPSA) is 260 Å². The summed E-state index contributed by atoms with van der Waals surface area (Å²) in [6, 6.07) is 13.2. The van der Waals surface area contributed by atoms with E-state index < -0.39 is 78.1 Å². The zero-order valence-corrected chi connectivity index (χ0v) is 32.8. The van der Waals surface area contributed by atoms with Gasteiger partial charge >= 0.3 is 0 Å². The molecule has 2 unspecified atom stereocenters. The number of carbonyl (C=O) groups is 6. The van der Waals surface area contributed by atoms with Crippen molar-refractivity contribution in [2.75, 3.05) is 13.1 Å². The summed E-state index contributed by atoms with van der Waals surface area (Å²) in [4.78, 5) is 83.7. The average molecular weight is 807 g/mol. The molecular weight excluding hydrogens is 756 g/mol. The third-order valence-electron chi connectivity index (χ3n) is 9.33. The van der Waals surface area contributed by atoms with E-state index in [0.29, 0.717) is 30.1 Å². The number of Topliss-reactive ketones (excluding diaryl/α,β-unsaturated/α-hetero) is 1. The summed E-state index contributed by atoms with van der Waals surface area (Å²) < 4.78 is 5.52. The van der Waals surface area contributed by atoms with Crippen LogP contribution >= 0.6 is 11.6 Å². The van der Waals surface area contributed by atoms with Crippen molar-refractivity contribution in [1.29, 1.82) is 0 Å². The molecule has 1 aliphatic rings. The quantitative estimate of drug-likeness (QED) is 0.0557. The number of halogens is 1. The van der Waals surface area contributed by atoms with E-state index in [1.807, 2.05) is 12.1 Å². The Morgan fingerprint density at radius 3 is 1.93 bits per heavy atom. The summed E-state index contributed by atoms with van der Waals surface area (Å²) in [5.41, 5.74) is 14.0. The number of ketones is 1. The Kier molecular flexibility index (Phi) is 16.6. The smallest absolute Gasteiger partial charge is 0.251 e. The number of aliphatic hydroxyl groups excluding tert-OH is 1. The number of epoxide rings is 1. The van der Waals surface area contributed by atoms with E-state index in [1.165, 1.54) is 20.8 Å². The Hall–Kier alpha value is -5.26. The van der Waals surface area contributed by atoms with Crippen LogP contribution in [0.5, 0.6) is 0 Å². The summed E-state index contributed by atoms with van der Waals surface area (Å²) in [7, 11) is 0. The van der Waals surface area contributed by atoms with Crippen molar-refractivity contribution in [1.82, 2.24) is 31.6 Å². The van der Waals surface area contributed by atoms with Crippen molar-refractivity contribution in [3.8, 4) is 11.1 Å². The van der Waals surface area contributed by atoms with Gasteiger partial charge in [0.15, 0.2) is 11.9 Å². The second-order valence-corrected chi connectivity index (χ2v) is 14.3. The predicted octanol–water partition coefficient (Wildman–Crippen LogP) is 1.05. The predicted molar refractivity (Wildman–Crippen MR) is 212 cm³/mol. The van der Waals surface area contributed by atoms with Crippen LogP contribution in [0.15, 0.2) is 72.9 Å². The van der Waals surface area contributed by atoms with Gasteiger partial charge in [-0.2, -0.15) is 0 Å². The van der Waals surface area contributed by atoms with Crippen molar-refractivity contribution >= 4 is 46.9 Å². The lowest BCUT2D eigenvalue weighted by atomic mass is 10.0. The maximum atomic E-state index is 13.4. The van der Waals surface area contributed by atoms with E-state index in [9.17, 15) is 33.9 Å². The number of nitrogens with one attached hydrogen (secondary N) is 5. The number of nitrogens with zero attached hydrogens (tertiary/aromatic N) is 1. The molecule has 0 bridgehead atoms. The standard InChI is InChI=1S/C40H51ClN8O8/c1-22(33(51)35-34(57-35)29-8-5-7-21-44-29)45-38(54)30(9-4-6-19-42)47-36(52)23(2)46-40(56)32(24(3)50)49-39(55)31(18-20-43)48-37(53)27-12-10-25(11-13-27)26-14-16-28(41)17-15-26/h5,7-8,10-17,21-24,30-32,34-35,50H,4,6,9,18-20,42-43H2,1-3H3,(H,45,54)(H,46,56)(H,47,52)(H,48,53)(H,49,55)/t22-,23-,24+,30-,31-,32-,34?,35?/m0/s1. The monoisotopic (exact) mass is 806 g/mol. The molecule has 5 amide bonds. The molecule has 57 heavy (non-hydrogen) atoms. The molecular formula is C40H51ClN8O8. The number of carbonyl (C=O) groups excluding carboxylic acids is 6. The van der Waals surface area contributed by atoms with Crippen LogP contribution in [0.3, 0.4) is 0 Å². The molecule has 0 spiro atoms. The van der Waals surface area contributed by atoms with Gasteiger partial charge in [-0.3, -0.25) is 33.8 Å². The Labute approximate surface area is 336 Å². The van der Waals surface area contributed by atoms with Crippen molar-refractivity contribution in [3.05, 3.63) is 89.2 Å². The van der Waals surface area contributed by atoms with Crippen molar-refractivity contribution in [2.24, 2.45) is 11.5 Å². The summed E-state index contributed by atoms with van der Waals surface area (Å²) >= 11 is 5.98. The highest BCUT2D eigenvalue weighted by molar-refractivity contribution is 6.30. The van der Waals surface area contributed by atoms with Crippen molar-refractivity contribution in [2.45, 2.75) is 95.0 Å². The zero-order chi connectivity index (χ0) is 41.6. The van der Waals surface area contributed by atoms with Gasteiger partial charge in [-0.15, -0.1) is 0 Å². The van der Waals surface area contributed by atoms with Crippen LogP contribution in [0, 0.1) is 0 Å². The number of amides is 5. The van der Waals surface area contributed by atoms with Gasteiger partial charge in [0.25, 0.3) is 5.91 Å². The third kappa shape index (κ3) is 12.9. The molecule has 1 saturated heterocycles. The maximum Gasteiger partial charge on any atom is 0.251 e. The number of benzene rings is 2. The lowest BCUT2D eigenvalue weighted by Crippen LogP contribution is -2.60. The van der Waals surface area contributed by atoms with E-state index in [-0.39, 0.29) is 30.7 Å². The molecule has 2 aromatic carbocycles. The van der Waals surface area contributed by atoms with Gasteiger partial charge in [0, 0.05) is 16.8 Å². The number of pyridine rings is 1. The first-order valence-corrected chi connectivity index (χ1v) is 19.2. The van der Waals surface area contributed by atoms with Crippen LogP contribution in [0.2, 0.25) is 5.02 Å². The summed E-state index contributed by atoms with van der Waals surface area (Å²) in [5, 5.41) is 23.9. The first-order valence-electron chi connectivity index (χ1n) is 18.8. The molecule has 1 fully saturated rings. The Balaban J connectivity index is 1.33. The molecule has 0 radical (unpaired) electrons. The second-order valence-electron chi connectivity index (χ2n) is 13.9. The Bertz CT molecular complexity index is 1850. The lowest BCUT2D eigenvalue weighted by Gasteiger charge is -2.26. The SMILES string of the molecule is C[C@H](NC(=O)[C@@H](NC(=O)[C@H](CCN)NC(=O)c1ccc(-c2ccc(Cl)cc2)cc1)[C@@H](C)O)C(=O)N[C@@H](CCCCN)C(=O)N[C@@H](C)C(=O)C1OC1c1ccccn1. The molecule has 10 N–H and O–H groups in total. The van der Waals surface area contributed by atoms with Gasteiger partial charge in [0.2, 0.25) is 23.6 Å². The summed E-state index contributed by atoms with van der Waals surface area (Å²) in [6.07, 6.45) is 0.169. The van der Waals surface area contributed by atoms with Gasteiger partial charge in [0.05, 0.1) is 17.8 Å².